The molecule has 2 aromatic carbocycles. The summed E-state index contributed by atoms with van der Waals surface area (Å²) in [4.78, 5) is 10.3. The molecule has 4 rings (SSSR count). The molecule has 1 aliphatic heterocycles. The van der Waals surface area contributed by atoms with Gasteiger partial charge in [0.05, 0.1) is 11.0 Å². The summed E-state index contributed by atoms with van der Waals surface area (Å²) in [7, 11) is 0. The van der Waals surface area contributed by atoms with Gasteiger partial charge in [-0.25, -0.2) is 4.98 Å². The molecule has 0 unspecified atom stereocenters. The first kappa shape index (κ1) is 14.1. The highest BCUT2D eigenvalue weighted by Gasteiger charge is 2.15. The van der Waals surface area contributed by atoms with E-state index in [1.165, 1.54) is 18.5 Å². The zero-order chi connectivity index (χ0) is 15.6. The fourth-order valence-corrected chi connectivity index (χ4v) is 3.17. The van der Waals surface area contributed by atoms with E-state index in [1.807, 2.05) is 24.3 Å². The van der Waals surface area contributed by atoms with E-state index < -0.39 is 0 Å². The van der Waals surface area contributed by atoms with Gasteiger partial charge >= 0.3 is 0 Å². The number of benzene rings is 2. The van der Waals surface area contributed by atoms with Crippen LogP contribution in [0.3, 0.4) is 0 Å². The first-order valence-electron chi connectivity index (χ1n) is 8.35. The molecule has 1 fully saturated rings. The van der Waals surface area contributed by atoms with Gasteiger partial charge in [-0.2, -0.15) is 0 Å². The van der Waals surface area contributed by atoms with Gasteiger partial charge in [0, 0.05) is 24.5 Å². The SMILES string of the molecule is CC1CCN(c2ccc(Nc3nc4ccccc4[nH]3)cc2)CC1. The molecule has 1 saturated heterocycles. The van der Waals surface area contributed by atoms with Crippen molar-refractivity contribution < 1.29 is 0 Å². The van der Waals surface area contributed by atoms with Crippen molar-refractivity contribution in [3.05, 3.63) is 48.5 Å². The first-order chi connectivity index (χ1) is 11.3. The number of aromatic nitrogens is 2. The van der Waals surface area contributed by atoms with E-state index in [-0.39, 0.29) is 0 Å². The quantitative estimate of drug-likeness (QED) is 0.746. The number of H-pyrrole nitrogens is 1. The normalized spacial score (nSPS) is 16.0. The summed E-state index contributed by atoms with van der Waals surface area (Å²) in [5, 5.41) is 3.35. The average molecular weight is 306 g/mol. The van der Waals surface area contributed by atoms with Crippen molar-refractivity contribution in [1.29, 1.82) is 0 Å². The Morgan fingerprint density at radius 1 is 1.04 bits per heavy atom. The Hall–Kier alpha value is -2.49. The summed E-state index contributed by atoms with van der Waals surface area (Å²) < 4.78 is 0. The molecule has 0 radical (unpaired) electrons. The van der Waals surface area contributed by atoms with Crippen molar-refractivity contribution in [3.63, 3.8) is 0 Å². The standard InChI is InChI=1S/C19H22N4/c1-14-10-12-23(13-11-14)16-8-6-15(7-9-16)20-19-21-17-4-2-3-5-18(17)22-19/h2-9,14H,10-13H2,1H3,(H2,20,21,22). The molecule has 2 N–H and O–H groups in total. The second-order valence-corrected chi connectivity index (χ2v) is 6.44. The Labute approximate surface area is 136 Å². The first-order valence-corrected chi connectivity index (χ1v) is 8.35. The highest BCUT2D eigenvalue weighted by atomic mass is 15.1. The summed E-state index contributed by atoms with van der Waals surface area (Å²) in [5.74, 6) is 1.64. The molecule has 1 aromatic heterocycles. The van der Waals surface area contributed by atoms with Crippen LogP contribution in [-0.4, -0.2) is 23.1 Å². The third-order valence-electron chi connectivity index (χ3n) is 4.67. The molecule has 4 nitrogen and oxygen atoms in total. The van der Waals surface area contributed by atoms with Crippen LogP contribution in [0.5, 0.6) is 0 Å². The highest BCUT2D eigenvalue weighted by molar-refractivity contribution is 5.78. The summed E-state index contributed by atoms with van der Waals surface area (Å²) in [6.45, 7) is 4.67. The van der Waals surface area contributed by atoms with Crippen molar-refractivity contribution >= 4 is 28.4 Å². The molecule has 0 atom stereocenters. The maximum atomic E-state index is 4.55. The van der Waals surface area contributed by atoms with E-state index in [4.69, 9.17) is 0 Å². The molecular weight excluding hydrogens is 284 g/mol. The number of piperidine rings is 1. The van der Waals surface area contributed by atoms with Gasteiger partial charge in [-0.3, -0.25) is 0 Å². The highest BCUT2D eigenvalue weighted by Crippen LogP contribution is 2.25. The molecule has 4 heteroatoms. The third kappa shape index (κ3) is 3.02. The molecule has 0 bridgehead atoms. The van der Waals surface area contributed by atoms with Gasteiger partial charge in [-0.05, 0) is 55.2 Å². The lowest BCUT2D eigenvalue weighted by Gasteiger charge is -2.32. The van der Waals surface area contributed by atoms with E-state index in [1.54, 1.807) is 0 Å². The molecule has 3 aromatic rings. The van der Waals surface area contributed by atoms with Crippen LogP contribution in [0.15, 0.2) is 48.5 Å². The minimum atomic E-state index is 0.783. The molecular formula is C19H22N4. The number of anilines is 3. The third-order valence-corrected chi connectivity index (χ3v) is 4.67. The lowest BCUT2D eigenvalue weighted by Crippen LogP contribution is -2.32. The zero-order valence-electron chi connectivity index (χ0n) is 13.4. The minimum absolute atomic E-state index is 0.783. The van der Waals surface area contributed by atoms with Gasteiger partial charge in [0.25, 0.3) is 0 Å². The number of para-hydroxylation sites is 2. The van der Waals surface area contributed by atoms with E-state index >= 15 is 0 Å². The zero-order valence-corrected chi connectivity index (χ0v) is 13.4. The van der Waals surface area contributed by atoms with Crippen LogP contribution in [0, 0.1) is 5.92 Å². The predicted octanol–water partition coefficient (Wildman–Crippen LogP) is 4.54. The number of nitrogens with one attached hydrogen (secondary N) is 2. The van der Waals surface area contributed by atoms with Crippen molar-refractivity contribution in [2.45, 2.75) is 19.8 Å². The van der Waals surface area contributed by atoms with Crippen LogP contribution in [0.4, 0.5) is 17.3 Å². The molecule has 1 aliphatic rings. The molecule has 0 amide bonds. The number of nitrogens with zero attached hydrogens (tertiary/aromatic N) is 2. The lowest BCUT2D eigenvalue weighted by atomic mass is 9.99. The molecule has 0 saturated carbocycles. The maximum absolute atomic E-state index is 4.55. The summed E-state index contributed by atoms with van der Waals surface area (Å²) in [6, 6.07) is 16.7. The molecule has 118 valence electrons. The van der Waals surface area contributed by atoms with Crippen molar-refractivity contribution in [2.24, 2.45) is 5.92 Å². The summed E-state index contributed by atoms with van der Waals surface area (Å²) in [5.41, 5.74) is 4.40. The largest absolute Gasteiger partial charge is 0.372 e. The second-order valence-electron chi connectivity index (χ2n) is 6.44. The van der Waals surface area contributed by atoms with Crippen LogP contribution in [0.25, 0.3) is 11.0 Å². The Morgan fingerprint density at radius 2 is 1.78 bits per heavy atom. The van der Waals surface area contributed by atoms with E-state index in [0.717, 1.165) is 41.7 Å². The van der Waals surface area contributed by atoms with Gasteiger partial charge in [0.2, 0.25) is 5.95 Å². The van der Waals surface area contributed by atoms with Crippen LogP contribution in [0.1, 0.15) is 19.8 Å². The Bertz CT molecular complexity index is 749. The fourth-order valence-electron chi connectivity index (χ4n) is 3.17. The van der Waals surface area contributed by atoms with Gasteiger partial charge in [-0.1, -0.05) is 19.1 Å². The Morgan fingerprint density at radius 3 is 2.52 bits per heavy atom. The van der Waals surface area contributed by atoms with Crippen LogP contribution in [0.2, 0.25) is 0 Å². The van der Waals surface area contributed by atoms with Gasteiger partial charge in [0.1, 0.15) is 0 Å². The van der Waals surface area contributed by atoms with Crippen molar-refractivity contribution in [2.75, 3.05) is 23.3 Å². The fraction of sp³-hybridized carbons (Fsp3) is 0.316. The number of imidazole rings is 1. The van der Waals surface area contributed by atoms with Crippen molar-refractivity contribution in [3.8, 4) is 0 Å². The summed E-state index contributed by atoms with van der Waals surface area (Å²) >= 11 is 0. The second kappa shape index (κ2) is 5.95. The van der Waals surface area contributed by atoms with Gasteiger partial charge < -0.3 is 15.2 Å². The minimum Gasteiger partial charge on any atom is -0.372 e. The molecule has 0 spiro atoms. The number of aromatic amines is 1. The summed E-state index contributed by atoms with van der Waals surface area (Å²) in [6.07, 6.45) is 2.58. The lowest BCUT2D eigenvalue weighted by molar-refractivity contribution is 0.438. The van der Waals surface area contributed by atoms with E-state index in [0.29, 0.717) is 0 Å². The monoisotopic (exact) mass is 306 g/mol. The number of hydrogen-bond donors (Lipinski definition) is 2. The number of hydrogen-bond acceptors (Lipinski definition) is 3. The van der Waals surface area contributed by atoms with Crippen LogP contribution >= 0.6 is 0 Å². The predicted molar refractivity (Wildman–Crippen MR) is 96.4 cm³/mol. The van der Waals surface area contributed by atoms with Crippen molar-refractivity contribution in [1.82, 2.24) is 9.97 Å². The maximum Gasteiger partial charge on any atom is 0.205 e. The molecule has 23 heavy (non-hydrogen) atoms. The topological polar surface area (TPSA) is 44.0 Å². The van der Waals surface area contributed by atoms with Crippen LogP contribution < -0.4 is 10.2 Å². The van der Waals surface area contributed by atoms with Crippen LogP contribution in [-0.2, 0) is 0 Å². The molecule has 2 heterocycles. The Kier molecular flexibility index (Phi) is 3.66. The van der Waals surface area contributed by atoms with E-state index in [9.17, 15) is 0 Å². The number of rotatable bonds is 3. The number of fused-ring (bicyclic) bond motifs is 1. The Balaban J connectivity index is 1.47. The van der Waals surface area contributed by atoms with E-state index in [2.05, 4.69) is 51.4 Å². The van der Waals surface area contributed by atoms with Gasteiger partial charge in [-0.15, -0.1) is 0 Å². The smallest absolute Gasteiger partial charge is 0.205 e. The average Bonchev–Trinajstić information content (AvgIpc) is 2.98. The molecule has 0 aliphatic carbocycles. The van der Waals surface area contributed by atoms with Gasteiger partial charge in [0.15, 0.2) is 0 Å².